The molecule has 52 heavy (non-hydrogen) atoms. The highest BCUT2D eigenvalue weighted by atomic mass is 32.2. The van der Waals surface area contributed by atoms with Gasteiger partial charge in [-0.2, -0.15) is 13.2 Å². The van der Waals surface area contributed by atoms with Gasteiger partial charge in [-0.15, -0.1) is 0 Å². The van der Waals surface area contributed by atoms with E-state index in [9.17, 15) is 45.9 Å². The average molecular weight is 765 g/mol. The van der Waals surface area contributed by atoms with Gasteiger partial charge >= 0.3 is 5.51 Å². The topological polar surface area (TPSA) is 208 Å². The van der Waals surface area contributed by atoms with Crippen molar-refractivity contribution < 1.29 is 58.9 Å². The fourth-order valence-corrected chi connectivity index (χ4v) is 4.99. The van der Waals surface area contributed by atoms with Gasteiger partial charge in [0.15, 0.2) is 10.1 Å². The van der Waals surface area contributed by atoms with Crippen LogP contribution in [0.3, 0.4) is 0 Å². The second-order valence-corrected chi connectivity index (χ2v) is 14.4. The third kappa shape index (κ3) is 12.2. The van der Waals surface area contributed by atoms with Crippen LogP contribution in [0.2, 0.25) is 0 Å². The number of nitrogens with one attached hydrogen (secondary N) is 3. The molecule has 20 heteroatoms. The van der Waals surface area contributed by atoms with E-state index >= 15 is 0 Å². The molecular formula is C32H41F5N6O8S. The predicted octanol–water partition coefficient (Wildman–Crippen LogP) is 1.29. The summed E-state index contributed by atoms with van der Waals surface area (Å²) in [5.41, 5.74) is 0.0716. The number of carbonyl (C=O) groups is 5. The summed E-state index contributed by atoms with van der Waals surface area (Å²) in [5.74, 6) is -6.05. The SMILES string of the molecule is CC(C)[C@H](NC(=O)[C@H](Cc1ccccc1)NC(=O)[C@@H]1CCCN1C(=O)CNC(=O)c1c(F)cc([N+](C)(C)C)cc1F)C(N)=O.O=S(=O)([O-])C(F)(F)F. The van der Waals surface area contributed by atoms with Gasteiger partial charge in [0.1, 0.15) is 41.0 Å². The number of rotatable bonds is 12. The summed E-state index contributed by atoms with van der Waals surface area (Å²) >= 11 is 0. The fraction of sp³-hybridized carbons (Fsp3) is 0.469. The van der Waals surface area contributed by atoms with Crippen molar-refractivity contribution in [2.24, 2.45) is 11.7 Å². The molecule has 0 spiro atoms. The highest BCUT2D eigenvalue weighted by Crippen LogP contribution is 2.24. The standard InChI is InChI=1S/C31H40F2N6O5.CHF3O3S/c1-18(2)27(28(34)41)37-29(42)23(14-19-10-7-6-8-11-19)36-30(43)24-12-9-13-38(24)25(40)17-35-31(44)26-21(32)15-20(16-22(26)33)39(3,4)5;2-1(3,4)8(5,6)7/h6-8,10-11,15-16,18,23-24,27H,9,12-14,17H2,1-5H3,(H4-,34,35,36,37,41,42,43,44);(H,5,6,7)/t23-,24-,27-;/m0./s1. The first kappa shape index (κ1) is 43.5. The molecule has 0 aromatic heterocycles. The molecule has 5 amide bonds. The Hall–Kier alpha value is -4.69. The average Bonchev–Trinajstić information content (AvgIpc) is 3.51. The van der Waals surface area contributed by atoms with Gasteiger partial charge in [-0.1, -0.05) is 44.2 Å². The molecule has 0 unspecified atom stereocenters. The first-order chi connectivity index (χ1) is 23.8. The minimum Gasteiger partial charge on any atom is -0.741 e. The Balaban J connectivity index is 0.00000104. The molecule has 0 bridgehead atoms. The molecule has 1 heterocycles. The van der Waals surface area contributed by atoms with E-state index in [0.717, 1.165) is 17.7 Å². The Morgan fingerprint density at radius 2 is 1.54 bits per heavy atom. The predicted molar refractivity (Wildman–Crippen MR) is 177 cm³/mol. The second kappa shape index (κ2) is 17.7. The largest absolute Gasteiger partial charge is 0.741 e. The number of nitrogens with two attached hydrogens (primary N) is 1. The number of amides is 5. The van der Waals surface area contributed by atoms with E-state index in [1.807, 2.05) is 6.07 Å². The van der Waals surface area contributed by atoms with Crippen molar-refractivity contribution in [3.8, 4) is 0 Å². The zero-order chi connectivity index (χ0) is 39.8. The summed E-state index contributed by atoms with van der Waals surface area (Å²) in [6, 6.07) is 8.11. The van der Waals surface area contributed by atoms with E-state index in [-0.39, 0.29) is 23.4 Å². The van der Waals surface area contributed by atoms with Crippen molar-refractivity contribution in [1.82, 2.24) is 25.3 Å². The van der Waals surface area contributed by atoms with Crippen LogP contribution in [0, 0.1) is 17.6 Å². The summed E-state index contributed by atoms with van der Waals surface area (Å²) in [7, 11) is -0.938. The Kier molecular flexibility index (Phi) is 14.8. The van der Waals surface area contributed by atoms with Gasteiger partial charge in [0.25, 0.3) is 5.91 Å². The van der Waals surface area contributed by atoms with Crippen molar-refractivity contribution in [3.05, 3.63) is 65.2 Å². The normalized spacial score (nSPS) is 15.9. The highest BCUT2D eigenvalue weighted by Gasteiger charge is 2.38. The smallest absolute Gasteiger partial charge is 0.485 e. The van der Waals surface area contributed by atoms with Crippen LogP contribution in [-0.4, -0.2) is 105 Å². The molecule has 14 nitrogen and oxygen atoms in total. The minimum atomic E-state index is -6.09. The first-order valence-corrected chi connectivity index (χ1v) is 17.1. The van der Waals surface area contributed by atoms with Crippen molar-refractivity contribution in [3.63, 3.8) is 0 Å². The third-order valence-electron chi connectivity index (χ3n) is 7.77. The maximum Gasteiger partial charge on any atom is 0.485 e. The Morgan fingerprint density at radius 3 is 2.00 bits per heavy atom. The molecule has 3 atom stereocenters. The van der Waals surface area contributed by atoms with Gasteiger partial charge in [-0.25, -0.2) is 17.2 Å². The number of hydrogen-bond donors (Lipinski definition) is 4. The third-order valence-corrected chi connectivity index (χ3v) is 8.34. The van der Waals surface area contributed by atoms with Crippen LogP contribution in [0.15, 0.2) is 42.5 Å². The number of primary amides is 1. The molecule has 1 aliphatic heterocycles. The van der Waals surface area contributed by atoms with Crippen LogP contribution in [0.5, 0.6) is 0 Å². The van der Waals surface area contributed by atoms with E-state index < -0.39 is 87.0 Å². The molecule has 0 saturated carbocycles. The number of nitrogens with zero attached hydrogens (tertiary/aromatic N) is 2. The van der Waals surface area contributed by atoms with Crippen molar-refractivity contribution in [1.29, 1.82) is 0 Å². The highest BCUT2D eigenvalue weighted by molar-refractivity contribution is 7.86. The van der Waals surface area contributed by atoms with Gasteiger partial charge in [-0.3, -0.25) is 28.5 Å². The first-order valence-electron chi connectivity index (χ1n) is 15.7. The van der Waals surface area contributed by atoms with Crippen molar-refractivity contribution in [2.75, 3.05) is 34.2 Å². The van der Waals surface area contributed by atoms with E-state index in [2.05, 4.69) is 16.0 Å². The van der Waals surface area contributed by atoms with Crippen LogP contribution in [0.1, 0.15) is 42.6 Å². The maximum atomic E-state index is 14.7. The molecule has 0 aliphatic carbocycles. The Morgan fingerprint density at radius 1 is 1.00 bits per heavy atom. The number of likely N-dealkylation sites (tertiary alicyclic amines) is 1. The lowest BCUT2D eigenvalue weighted by molar-refractivity contribution is -0.139. The molecule has 5 N–H and O–H groups in total. The molecule has 1 fully saturated rings. The van der Waals surface area contributed by atoms with Crippen molar-refractivity contribution >= 4 is 45.3 Å². The van der Waals surface area contributed by atoms with Gasteiger partial charge in [0, 0.05) is 25.1 Å². The summed E-state index contributed by atoms with van der Waals surface area (Å²) in [4.78, 5) is 65.5. The number of alkyl halides is 3. The second-order valence-electron chi connectivity index (χ2n) is 13.0. The Bertz CT molecular complexity index is 1710. The molecule has 1 saturated heterocycles. The van der Waals surface area contributed by atoms with E-state index in [1.165, 1.54) is 4.90 Å². The number of benzene rings is 2. The molecule has 2 aromatic carbocycles. The van der Waals surface area contributed by atoms with E-state index in [1.54, 1.807) is 59.3 Å². The van der Waals surface area contributed by atoms with Crippen LogP contribution >= 0.6 is 0 Å². The molecular weight excluding hydrogens is 723 g/mol. The van der Waals surface area contributed by atoms with Crippen LogP contribution in [-0.2, 0) is 35.7 Å². The van der Waals surface area contributed by atoms with Crippen LogP contribution in [0.25, 0.3) is 0 Å². The molecule has 1 aliphatic rings. The number of carbonyl (C=O) groups excluding carboxylic acids is 5. The quantitative estimate of drug-likeness (QED) is 0.107. The van der Waals surface area contributed by atoms with Gasteiger partial charge < -0.3 is 31.1 Å². The fourth-order valence-electron chi connectivity index (χ4n) is 4.99. The van der Waals surface area contributed by atoms with Gasteiger partial charge in [-0.05, 0) is 24.3 Å². The number of halogens is 5. The Labute approximate surface area is 297 Å². The molecule has 2 aromatic rings. The van der Waals surface area contributed by atoms with E-state index in [0.29, 0.717) is 18.5 Å². The van der Waals surface area contributed by atoms with Gasteiger partial charge in [0.05, 0.1) is 27.7 Å². The van der Waals surface area contributed by atoms with Crippen molar-refractivity contribution in [2.45, 2.75) is 56.7 Å². The summed E-state index contributed by atoms with van der Waals surface area (Å²) in [5, 5.41) is 7.58. The van der Waals surface area contributed by atoms with E-state index in [4.69, 9.17) is 18.7 Å². The molecule has 3 rings (SSSR count). The van der Waals surface area contributed by atoms with Crippen LogP contribution < -0.4 is 26.2 Å². The lowest BCUT2D eigenvalue weighted by atomic mass is 10.0. The zero-order valence-corrected chi connectivity index (χ0v) is 29.7. The van der Waals surface area contributed by atoms with Crippen LogP contribution in [0.4, 0.5) is 27.6 Å². The number of quaternary nitrogens is 1. The molecule has 288 valence electrons. The maximum absolute atomic E-state index is 14.7. The zero-order valence-electron chi connectivity index (χ0n) is 28.9. The summed E-state index contributed by atoms with van der Waals surface area (Å²) in [6.07, 6.45) is 0.903. The summed E-state index contributed by atoms with van der Waals surface area (Å²) < 4.78 is 88.4. The number of hydrogen-bond acceptors (Lipinski definition) is 8. The minimum absolute atomic E-state index is 0.114. The lowest BCUT2D eigenvalue weighted by Crippen LogP contribution is -2.58. The monoisotopic (exact) mass is 764 g/mol. The van der Waals surface area contributed by atoms with Gasteiger partial charge in [0.2, 0.25) is 23.6 Å². The molecule has 0 radical (unpaired) electrons. The summed E-state index contributed by atoms with van der Waals surface area (Å²) in [6.45, 7) is 3.07. The lowest BCUT2D eigenvalue weighted by Gasteiger charge is -2.28.